The lowest BCUT2D eigenvalue weighted by atomic mass is 9.89. The van der Waals surface area contributed by atoms with E-state index in [0.29, 0.717) is 11.5 Å². The first-order valence-corrected chi connectivity index (χ1v) is 9.32. The van der Waals surface area contributed by atoms with Crippen LogP contribution in [0.4, 0.5) is 0 Å². The number of amidine groups is 1. The predicted octanol–water partition coefficient (Wildman–Crippen LogP) is 3.35. The third kappa shape index (κ3) is 3.26. The number of pyridine rings is 1. The average Bonchev–Trinajstić information content (AvgIpc) is 3.24. The minimum absolute atomic E-state index is 0.0120. The van der Waals surface area contributed by atoms with Crippen LogP contribution < -0.4 is 5.32 Å². The van der Waals surface area contributed by atoms with E-state index in [0.717, 1.165) is 4.88 Å². The summed E-state index contributed by atoms with van der Waals surface area (Å²) in [5.41, 5.74) is -0.269. The fourth-order valence-corrected chi connectivity index (χ4v) is 3.32. The van der Waals surface area contributed by atoms with Crippen LogP contribution in [0.15, 0.2) is 40.8 Å². The quantitative estimate of drug-likeness (QED) is 0.817. The number of hydrogen-bond donors (Lipinski definition) is 1. The molecular weight excluding hydrogens is 350 g/mol. The summed E-state index contributed by atoms with van der Waals surface area (Å²) in [6.07, 6.45) is 1.20. The predicted molar refractivity (Wildman–Crippen MR) is 100 cm³/mol. The van der Waals surface area contributed by atoms with Gasteiger partial charge in [0.25, 0.3) is 5.91 Å². The number of esters is 1. The molecule has 2 aromatic rings. The van der Waals surface area contributed by atoms with E-state index in [1.54, 1.807) is 25.3 Å². The van der Waals surface area contributed by atoms with Crippen molar-refractivity contribution < 1.29 is 14.3 Å². The minimum atomic E-state index is -0.877. The third-order valence-electron chi connectivity index (χ3n) is 4.64. The molecule has 0 saturated carbocycles. The number of carbonyl (C=O) groups is 2. The highest BCUT2D eigenvalue weighted by Crippen LogP contribution is 2.28. The molecule has 2 aromatic heterocycles. The van der Waals surface area contributed by atoms with Crippen molar-refractivity contribution >= 4 is 29.0 Å². The van der Waals surface area contributed by atoms with Gasteiger partial charge in [0.05, 0.1) is 5.56 Å². The van der Waals surface area contributed by atoms with Gasteiger partial charge in [-0.3, -0.25) is 9.78 Å². The van der Waals surface area contributed by atoms with Crippen molar-refractivity contribution in [3.8, 4) is 0 Å². The van der Waals surface area contributed by atoms with Crippen LogP contribution in [-0.2, 0) is 9.53 Å². The minimum Gasteiger partial charge on any atom is -0.453 e. The number of nitrogens with zero attached hydrogens (tertiary/aromatic N) is 2. The third-order valence-corrected chi connectivity index (χ3v) is 5.67. The van der Waals surface area contributed by atoms with Gasteiger partial charge in [0, 0.05) is 11.1 Å². The molecule has 0 aliphatic carbocycles. The lowest BCUT2D eigenvalue weighted by Crippen LogP contribution is -2.41. The SMILES string of the molecule is CC(OC(=O)c1cccnc1C1=NC(C)(C(C)C)C(=O)N1)c1cccs1. The van der Waals surface area contributed by atoms with Crippen molar-refractivity contribution in [3.63, 3.8) is 0 Å². The fraction of sp³-hybridized carbons (Fsp3) is 0.368. The second kappa shape index (κ2) is 6.99. The molecule has 0 fully saturated rings. The Morgan fingerprint density at radius 3 is 2.65 bits per heavy atom. The molecule has 1 aliphatic rings. The number of aliphatic imine (C=N–C) groups is 1. The van der Waals surface area contributed by atoms with Gasteiger partial charge in [-0.1, -0.05) is 19.9 Å². The first kappa shape index (κ1) is 18.3. The van der Waals surface area contributed by atoms with Gasteiger partial charge in [-0.2, -0.15) is 0 Å². The summed E-state index contributed by atoms with van der Waals surface area (Å²) >= 11 is 1.53. The molecule has 2 unspecified atom stereocenters. The van der Waals surface area contributed by atoms with E-state index in [4.69, 9.17) is 4.74 Å². The molecule has 1 amide bonds. The van der Waals surface area contributed by atoms with Crippen LogP contribution in [0.1, 0.15) is 54.7 Å². The molecule has 26 heavy (non-hydrogen) atoms. The van der Waals surface area contributed by atoms with Gasteiger partial charge in [0.2, 0.25) is 0 Å². The molecule has 3 rings (SSSR count). The Kier molecular flexibility index (Phi) is 4.91. The smallest absolute Gasteiger partial charge is 0.341 e. The first-order valence-electron chi connectivity index (χ1n) is 8.44. The molecule has 6 nitrogen and oxygen atoms in total. The standard InChI is InChI=1S/C19H21N3O3S/c1-11(2)19(4)18(24)21-16(22-19)15-13(7-5-9-20-15)17(23)25-12(3)14-8-6-10-26-14/h5-12H,1-4H3,(H,21,22,24). The summed E-state index contributed by atoms with van der Waals surface area (Å²) in [4.78, 5) is 34.8. The average molecular weight is 371 g/mol. The summed E-state index contributed by atoms with van der Waals surface area (Å²) in [6.45, 7) is 7.47. The van der Waals surface area contributed by atoms with Gasteiger partial charge in [-0.15, -0.1) is 11.3 Å². The van der Waals surface area contributed by atoms with E-state index in [1.807, 2.05) is 38.3 Å². The first-order chi connectivity index (χ1) is 12.3. The maximum Gasteiger partial charge on any atom is 0.341 e. The maximum absolute atomic E-state index is 12.7. The number of nitrogens with one attached hydrogen (secondary N) is 1. The molecule has 136 valence electrons. The number of ether oxygens (including phenoxy) is 1. The Morgan fingerprint density at radius 1 is 1.27 bits per heavy atom. The lowest BCUT2D eigenvalue weighted by molar-refractivity contribution is -0.124. The Bertz CT molecular complexity index is 861. The van der Waals surface area contributed by atoms with Gasteiger partial charge < -0.3 is 10.1 Å². The van der Waals surface area contributed by atoms with Crippen molar-refractivity contribution in [2.75, 3.05) is 0 Å². The lowest BCUT2D eigenvalue weighted by Gasteiger charge is -2.21. The molecule has 3 heterocycles. The Hall–Kier alpha value is -2.54. The monoisotopic (exact) mass is 371 g/mol. The molecule has 1 N–H and O–H groups in total. The number of aromatic nitrogens is 1. The number of rotatable bonds is 5. The summed E-state index contributed by atoms with van der Waals surface area (Å²) in [6, 6.07) is 7.12. The number of carbonyl (C=O) groups excluding carboxylic acids is 2. The Morgan fingerprint density at radius 2 is 2.04 bits per heavy atom. The zero-order chi connectivity index (χ0) is 18.9. The van der Waals surface area contributed by atoms with Crippen LogP contribution in [0.3, 0.4) is 0 Å². The van der Waals surface area contributed by atoms with Gasteiger partial charge >= 0.3 is 5.97 Å². The summed E-state index contributed by atoms with van der Waals surface area (Å²) in [5, 5.41) is 4.70. The van der Waals surface area contributed by atoms with Gasteiger partial charge in [0.1, 0.15) is 17.3 Å². The maximum atomic E-state index is 12.7. The van der Waals surface area contributed by atoms with E-state index in [-0.39, 0.29) is 23.5 Å². The molecule has 0 aromatic carbocycles. The van der Waals surface area contributed by atoms with Crippen LogP contribution in [0.25, 0.3) is 0 Å². The van der Waals surface area contributed by atoms with Crippen molar-refractivity contribution in [3.05, 3.63) is 52.0 Å². The number of hydrogen-bond acceptors (Lipinski definition) is 6. The normalized spacial score (nSPS) is 20.7. The second-order valence-corrected chi connectivity index (χ2v) is 7.66. The molecule has 0 saturated heterocycles. The zero-order valence-corrected chi connectivity index (χ0v) is 16.0. The summed E-state index contributed by atoms with van der Waals surface area (Å²) < 4.78 is 5.57. The molecule has 2 atom stereocenters. The van der Waals surface area contributed by atoms with Gasteiger partial charge in [0.15, 0.2) is 5.84 Å². The highest BCUT2D eigenvalue weighted by atomic mass is 32.1. The van der Waals surface area contributed by atoms with Gasteiger partial charge in [-0.05, 0) is 43.3 Å². The van der Waals surface area contributed by atoms with Crippen molar-refractivity contribution in [2.45, 2.75) is 39.3 Å². The highest BCUT2D eigenvalue weighted by Gasteiger charge is 2.43. The Balaban J connectivity index is 1.90. The van der Waals surface area contributed by atoms with E-state index < -0.39 is 11.5 Å². The van der Waals surface area contributed by atoms with Crippen molar-refractivity contribution in [1.82, 2.24) is 10.3 Å². The largest absolute Gasteiger partial charge is 0.453 e. The van der Waals surface area contributed by atoms with E-state index in [1.165, 1.54) is 11.3 Å². The van der Waals surface area contributed by atoms with Crippen molar-refractivity contribution in [1.29, 1.82) is 0 Å². The molecular formula is C19H21N3O3S. The molecule has 0 spiro atoms. The van der Waals surface area contributed by atoms with E-state index in [9.17, 15) is 9.59 Å². The van der Waals surface area contributed by atoms with E-state index >= 15 is 0 Å². The summed E-state index contributed by atoms with van der Waals surface area (Å²) in [5.74, 6) is -0.371. The summed E-state index contributed by atoms with van der Waals surface area (Å²) in [7, 11) is 0. The highest BCUT2D eigenvalue weighted by molar-refractivity contribution is 7.10. The number of thiophene rings is 1. The Labute approximate surface area is 156 Å². The molecule has 0 radical (unpaired) electrons. The van der Waals surface area contributed by atoms with Crippen LogP contribution in [0.5, 0.6) is 0 Å². The van der Waals surface area contributed by atoms with Crippen LogP contribution >= 0.6 is 11.3 Å². The van der Waals surface area contributed by atoms with E-state index in [2.05, 4.69) is 15.3 Å². The van der Waals surface area contributed by atoms with Gasteiger partial charge in [-0.25, -0.2) is 9.79 Å². The molecule has 1 aliphatic heterocycles. The second-order valence-electron chi connectivity index (χ2n) is 6.68. The number of amides is 1. The molecule has 7 heteroatoms. The van der Waals surface area contributed by atoms with Crippen LogP contribution in [0.2, 0.25) is 0 Å². The molecule has 0 bridgehead atoms. The van der Waals surface area contributed by atoms with Crippen LogP contribution in [-0.4, -0.2) is 28.2 Å². The van der Waals surface area contributed by atoms with Crippen LogP contribution in [0, 0.1) is 5.92 Å². The topological polar surface area (TPSA) is 80.7 Å². The zero-order valence-electron chi connectivity index (χ0n) is 15.1. The van der Waals surface area contributed by atoms with Crippen molar-refractivity contribution in [2.24, 2.45) is 10.9 Å². The fourth-order valence-electron chi connectivity index (χ4n) is 2.61.